The number of carbonyl (C=O) groups is 2. The molecule has 4 nitrogen and oxygen atoms in total. The first-order valence-corrected chi connectivity index (χ1v) is 8.28. The summed E-state index contributed by atoms with van der Waals surface area (Å²) in [7, 11) is 0. The van der Waals surface area contributed by atoms with Gasteiger partial charge in [0, 0.05) is 17.4 Å². The third-order valence-electron chi connectivity index (χ3n) is 2.91. The third-order valence-corrected chi connectivity index (χ3v) is 3.85. The van der Waals surface area contributed by atoms with Crippen LogP contribution >= 0.6 is 11.8 Å². The first-order valence-electron chi connectivity index (χ1n) is 7.12. The standard InChI is InChI=1S/C17H16F2N2O2S/c1-11-3-2-4-14(5-11)20-16(22)9-24-10-17(23)21-15-7-12(18)6-13(19)8-15/h2-8H,9-10H2,1H3,(H,20,22)(H,21,23). The van der Waals surface area contributed by atoms with Gasteiger partial charge >= 0.3 is 0 Å². The number of amides is 2. The van der Waals surface area contributed by atoms with Crippen molar-refractivity contribution in [3.63, 3.8) is 0 Å². The molecule has 126 valence electrons. The number of halogens is 2. The van der Waals surface area contributed by atoms with Gasteiger partial charge in [-0.05, 0) is 36.8 Å². The number of hydrogen-bond acceptors (Lipinski definition) is 3. The molecule has 2 aromatic rings. The predicted molar refractivity (Wildman–Crippen MR) is 92.1 cm³/mol. The maximum atomic E-state index is 13.0. The normalized spacial score (nSPS) is 10.3. The minimum atomic E-state index is -0.768. The average Bonchev–Trinajstić information content (AvgIpc) is 2.45. The van der Waals surface area contributed by atoms with Crippen LogP contribution in [0.5, 0.6) is 0 Å². The molecule has 0 radical (unpaired) electrons. The lowest BCUT2D eigenvalue weighted by Gasteiger charge is -2.07. The molecule has 0 spiro atoms. The van der Waals surface area contributed by atoms with Crippen LogP contribution in [0.3, 0.4) is 0 Å². The van der Waals surface area contributed by atoms with Crippen LogP contribution in [0.15, 0.2) is 42.5 Å². The molecule has 0 atom stereocenters. The molecule has 0 bridgehead atoms. The van der Waals surface area contributed by atoms with Crippen molar-refractivity contribution >= 4 is 35.0 Å². The van der Waals surface area contributed by atoms with Gasteiger partial charge in [0.15, 0.2) is 0 Å². The predicted octanol–water partition coefficient (Wildman–Crippen LogP) is 3.58. The molecule has 0 aliphatic carbocycles. The fourth-order valence-electron chi connectivity index (χ4n) is 1.98. The molecule has 0 aliphatic rings. The lowest BCUT2D eigenvalue weighted by Crippen LogP contribution is -2.18. The Kier molecular flexibility index (Phi) is 6.31. The zero-order chi connectivity index (χ0) is 17.5. The van der Waals surface area contributed by atoms with Gasteiger partial charge < -0.3 is 10.6 Å². The highest BCUT2D eigenvalue weighted by Gasteiger charge is 2.08. The Morgan fingerprint density at radius 1 is 0.917 bits per heavy atom. The van der Waals surface area contributed by atoms with Gasteiger partial charge in [0.2, 0.25) is 11.8 Å². The van der Waals surface area contributed by atoms with E-state index in [0.29, 0.717) is 5.69 Å². The SMILES string of the molecule is Cc1cccc(NC(=O)CSCC(=O)Nc2cc(F)cc(F)c2)c1. The average molecular weight is 350 g/mol. The molecule has 2 amide bonds. The molecule has 24 heavy (non-hydrogen) atoms. The van der Waals surface area contributed by atoms with E-state index in [1.54, 1.807) is 6.07 Å². The first-order chi connectivity index (χ1) is 11.4. The highest BCUT2D eigenvalue weighted by atomic mass is 32.2. The first kappa shape index (κ1) is 17.9. The van der Waals surface area contributed by atoms with Crippen LogP contribution in [0.4, 0.5) is 20.2 Å². The number of rotatable bonds is 6. The van der Waals surface area contributed by atoms with E-state index in [9.17, 15) is 18.4 Å². The van der Waals surface area contributed by atoms with Crippen LogP contribution in [0.1, 0.15) is 5.56 Å². The van der Waals surface area contributed by atoms with Gasteiger partial charge in [-0.15, -0.1) is 11.8 Å². The van der Waals surface area contributed by atoms with E-state index in [4.69, 9.17) is 0 Å². The minimum absolute atomic E-state index is 0.000625. The molecule has 0 aromatic heterocycles. The largest absolute Gasteiger partial charge is 0.325 e. The maximum Gasteiger partial charge on any atom is 0.234 e. The number of anilines is 2. The lowest BCUT2D eigenvalue weighted by molar-refractivity contribution is -0.114. The summed E-state index contributed by atoms with van der Waals surface area (Å²) in [6.07, 6.45) is 0. The van der Waals surface area contributed by atoms with Crippen LogP contribution in [-0.4, -0.2) is 23.3 Å². The van der Waals surface area contributed by atoms with Gasteiger partial charge in [-0.25, -0.2) is 8.78 Å². The lowest BCUT2D eigenvalue weighted by atomic mass is 10.2. The van der Waals surface area contributed by atoms with Crippen molar-refractivity contribution in [2.45, 2.75) is 6.92 Å². The number of aryl methyl sites for hydroxylation is 1. The fraction of sp³-hybridized carbons (Fsp3) is 0.176. The Hall–Kier alpha value is -2.41. The van der Waals surface area contributed by atoms with Crippen molar-refractivity contribution in [1.82, 2.24) is 0 Å². The molecule has 0 heterocycles. The van der Waals surface area contributed by atoms with Crippen molar-refractivity contribution in [2.24, 2.45) is 0 Å². The van der Waals surface area contributed by atoms with Crippen molar-refractivity contribution in [1.29, 1.82) is 0 Å². The fourth-order valence-corrected chi connectivity index (χ4v) is 2.60. The van der Waals surface area contributed by atoms with E-state index in [1.807, 2.05) is 25.1 Å². The van der Waals surface area contributed by atoms with Crippen LogP contribution in [0, 0.1) is 18.6 Å². The second-order valence-corrected chi connectivity index (χ2v) is 6.10. The van der Waals surface area contributed by atoms with Crippen molar-refractivity contribution in [2.75, 3.05) is 22.1 Å². The molecule has 0 aliphatic heterocycles. The smallest absolute Gasteiger partial charge is 0.234 e. The maximum absolute atomic E-state index is 13.0. The van der Waals surface area contributed by atoms with Gasteiger partial charge in [0.05, 0.1) is 11.5 Å². The molecule has 2 aromatic carbocycles. The van der Waals surface area contributed by atoms with Crippen LogP contribution in [-0.2, 0) is 9.59 Å². The summed E-state index contributed by atoms with van der Waals surface area (Å²) < 4.78 is 26.0. The third kappa shape index (κ3) is 6.00. The summed E-state index contributed by atoms with van der Waals surface area (Å²) in [5.74, 6) is -2.10. The summed E-state index contributed by atoms with van der Waals surface area (Å²) in [5, 5.41) is 5.11. The highest BCUT2D eigenvalue weighted by molar-refractivity contribution is 8.00. The number of nitrogens with one attached hydrogen (secondary N) is 2. The Labute approximate surface area is 142 Å². The summed E-state index contributed by atoms with van der Waals surface area (Å²) in [4.78, 5) is 23.5. The van der Waals surface area contributed by atoms with E-state index < -0.39 is 17.5 Å². The van der Waals surface area contributed by atoms with E-state index in [1.165, 1.54) is 0 Å². The van der Waals surface area contributed by atoms with Gasteiger partial charge in [0.25, 0.3) is 0 Å². The molecule has 0 unspecified atom stereocenters. The van der Waals surface area contributed by atoms with Crippen molar-refractivity contribution in [3.05, 3.63) is 59.7 Å². The molecular weight excluding hydrogens is 334 g/mol. The van der Waals surface area contributed by atoms with Crippen LogP contribution < -0.4 is 10.6 Å². The molecule has 2 N–H and O–H groups in total. The van der Waals surface area contributed by atoms with Gasteiger partial charge in [-0.3, -0.25) is 9.59 Å². The Morgan fingerprint density at radius 3 is 2.08 bits per heavy atom. The quantitative estimate of drug-likeness (QED) is 0.837. The molecule has 0 saturated carbocycles. The van der Waals surface area contributed by atoms with Crippen molar-refractivity contribution < 1.29 is 18.4 Å². The molecule has 2 rings (SSSR count). The number of benzene rings is 2. The summed E-state index contributed by atoms with van der Waals surface area (Å²) in [6, 6.07) is 10.1. The Bertz CT molecular complexity index is 733. The van der Waals surface area contributed by atoms with Gasteiger partial charge in [-0.1, -0.05) is 12.1 Å². The van der Waals surface area contributed by atoms with Crippen LogP contribution in [0.25, 0.3) is 0 Å². The summed E-state index contributed by atoms with van der Waals surface area (Å²) in [5.41, 5.74) is 1.77. The summed E-state index contributed by atoms with van der Waals surface area (Å²) in [6.45, 7) is 1.92. The number of thioether (sulfide) groups is 1. The minimum Gasteiger partial charge on any atom is -0.325 e. The second-order valence-electron chi connectivity index (χ2n) is 5.12. The topological polar surface area (TPSA) is 58.2 Å². The van der Waals surface area contributed by atoms with E-state index >= 15 is 0 Å². The summed E-state index contributed by atoms with van der Waals surface area (Å²) >= 11 is 1.11. The van der Waals surface area contributed by atoms with Crippen LogP contribution in [0.2, 0.25) is 0 Å². The van der Waals surface area contributed by atoms with Gasteiger partial charge in [0.1, 0.15) is 11.6 Å². The van der Waals surface area contributed by atoms with E-state index in [-0.39, 0.29) is 23.1 Å². The number of carbonyl (C=O) groups excluding carboxylic acids is 2. The Balaban J connectivity index is 1.75. The van der Waals surface area contributed by atoms with E-state index in [2.05, 4.69) is 10.6 Å². The zero-order valence-electron chi connectivity index (χ0n) is 12.9. The van der Waals surface area contributed by atoms with Gasteiger partial charge in [-0.2, -0.15) is 0 Å². The Morgan fingerprint density at radius 2 is 1.50 bits per heavy atom. The number of hydrogen-bond donors (Lipinski definition) is 2. The second kappa shape index (κ2) is 8.44. The van der Waals surface area contributed by atoms with E-state index in [0.717, 1.165) is 35.5 Å². The highest BCUT2D eigenvalue weighted by Crippen LogP contribution is 2.14. The molecule has 0 fully saturated rings. The zero-order valence-corrected chi connectivity index (χ0v) is 13.8. The van der Waals surface area contributed by atoms with Crippen molar-refractivity contribution in [3.8, 4) is 0 Å². The molecule has 7 heteroatoms. The monoisotopic (exact) mass is 350 g/mol. The molecule has 0 saturated heterocycles. The molecular formula is C17H16F2N2O2S.